The van der Waals surface area contributed by atoms with E-state index in [1.54, 1.807) is 25.6 Å². The van der Waals surface area contributed by atoms with Crippen LogP contribution in [-0.4, -0.2) is 36.5 Å². The van der Waals surface area contributed by atoms with Crippen LogP contribution in [0.15, 0.2) is 0 Å². The van der Waals surface area contributed by atoms with E-state index in [0.717, 1.165) is 5.75 Å². The summed E-state index contributed by atoms with van der Waals surface area (Å²) >= 11 is 1.60. The minimum Gasteiger partial charge on any atom is -0.462 e. The summed E-state index contributed by atoms with van der Waals surface area (Å²) < 4.78 is 4.85. The molecule has 0 fully saturated rings. The van der Waals surface area contributed by atoms with E-state index >= 15 is 0 Å². The molecular weight excluding hydrogens is 202 g/mol. The third-order valence-corrected chi connectivity index (χ3v) is 1.94. The number of carbonyl (C=O) groups excluding carboxylic acids is 2. The van der Waals surface area contributed by atoms with E-state index in [-0.39, 0.29) is 18.6 Å². The topological polar surface area (TPSA) is 55.4 Å². The molecule has 0 aromatic heterocycles. The highest BCUT2D eigenvalue weighted by Gasteiger charge is 2.07. The number of esters is 1. The van der Waals surface area contributed by atoms with Gasteiger partial charge in [-0.3, -0.25) is 9.59 Å². The fourth-order valence-corrected chi connectivity index (χ4v) is 1.15. The molecular formula is C9H17NO3S. The molecule has 0 atom stereocenters. The van der Waals surface area contributed by atoms with Gasteiger partial charge in [-0.2, -0.15) is 11.8 Å². The number of ether oxygens (including phenoxy) is 1. The van der Waals surface area contributed by atoms with Gasteiger partial charge in [0.1, 0.15) is 6.54 Å². The maximum Gasteiger partial charge on any atom is 0.325 e. The molecule has 0 aromatic carbocycles. The van der Waals surface area contributed by atoms with Crippen LogP contribution in [0.2, 0.25) is 0 Å². The van der Waals surface area contributed by atoms with Crippen molar-refractivity contribution >= 4 is 23.6 Å². The van der Waals surface area contributed by atoms with Crippen LogP contribution in [0.25, 0.3) is 0 Å². The van der Waals surface area contributed by atoms with E-state index in [1.807, 2.05) is 6.26 Å². The highest BCUT2D eigenvalue weighted by molar-refractivity contribution is 7.98. The van der Waals surface area contributed by atoms with Gasteiger partial charge in [-0.25, -0.2) is 0 Å². The van der Waals surface area contributed by atoms with Crippen molar-refractivity contribution < 1.29 is 14.3 Å². The molecule has 1 N–H and O–H groups in total. The number of amides is 1. The molecule has 0 unspecified atom stereocenters. The number of rotatable bonds is 6. The molecule has 1 amide bonds. The molecule has 0 aliphatic rings. The SMILES string of the molecule is CSCCC(=O)NCC(=O)OC(C)C. The van der Waals surface area contributed by atoms with Crippen LogP contribution in [0, 0.1) is 0 Å². The molecule has 0 aliphatic heterocycles. The molecule has 0 aliphatic carbocycles. The van der Waals surface area contributed by atoms with Crippen LogP contribution in [0.1, 0.15) is 20.3 Å². The summed E-state index contributed by atoms with van der Waals surface area (Å²) in [4.78, 5) is 22.0. The Morgan fingerprint density at radius 1 is 1.43 bits per heavy atom. The lowest BCUT2D eigenvalue weighted by atomic mass is 10.4. The van der Waals surface area contributed by atoms with Gasteiger partial charge in [0.05, 0.1) is 6.10 Å². The van der Waals surface area contributed by atoms with Gasteiger partial charge in [0.2, 0.25) is 5.91 Å². The van der Waals surface area contributed by atoms with Gasteiger partial charge in [0.15, 0.2) is 0 Å². The maximum atomic E-state index is 11.1. The summed E-state index contributed by atoms with van der Waals surface area (Å²) in [6, 6.07) is 0. The Balaban J connectivity index is 3.51. The number of carbonyl (C=O) groups is 2. The molecule has 82 valence electrons. The van der Waals surface area contributed by atoms with Crippen LogP contribution >= 0.6 is 11.8 Å². The smallest absolute Gasteiger partial charge is 0.325 e. The molecule has 0 radical (unpaired) electrons. The van der Waals surface area contributed by atoms with Crippen molar-refractivity contribution in [3.63, 3.8) is 0 Å². The zero-order valence-electron chi connectivity index (χ0n) is 8.83. The van der Waals surface area contributed by atoms with Crippen molar-refractivity contribution in [3.05, 3.63) is 0 Å². The lowest BCUT2D eigenvalue weighted by molar-refractivity contribution is -0.147. The second kappa shape index (κ2) is 7.67. The molecule has 4 nitrogen and oxygen atoms in total. The Bertz CT molecular complexity index is 194. The van der Waals surface area contributed by atoms with Gasteiger partial charge in [0.25, 0.3) is 0 Å². The maximum absolute atomic E-state index is 11.1. The molecule has 14 heavy (non-hydrogen) atoms. The molecule has 0 saturated carbocycles. The Labute approximate surface area is 88.8 Å². The molecule has 0 heterocycles. The van der Waals surface area contributed by atoms with Crippen molar-refractivity contribution in [1.29, 1.82) is 0 Å². The average molecular weight is 219 g/mol. The van der Waals surface area contributed by atoms with Gasteiger partial charge >= 0.3 is 5.97 Å². The second-order valence-corrected chi connectivity index (χ2v) is 4.04. The van der Waals surface area contributed by atoms with E-state index < -0.39 is 5.97 Å². The molecule has 0 rings (SSSR count). The summed E-state index contributed by atoms with van der Waals surface area (Å²) in [5, 5.41) is 2.50. The first-order chi connectivity index (χ1) is 6.56. The first-order valence-corrected chi connectivity index (χ1v) is 5.90. The quantitative estimate of drug-likeness (QED) is 0.672. The summed E-state index contributed by atoms with van der Waals surface area (Å²) in [6.45, 7) is 3.51. The Hall–Kier alpha value is -0.710. The van der Waals surface area contributed by atoms with Crippen LogP contribution in [0.5, 0.6) is 0 Å². The van der Waals surface area contributed by atoms with Crippen LogP contribution in [0.4, 0.5) is 0 Å². The Kier molecular flexibility index (Phi) is 7.28. The summed E-state index contributed by atoms with van der Waals surface area (Å²) in [6.07, 6.45) is 2.24. The Morgan fingerprint density at radius 3 is 2.57 bits per heavy atom. The summed E-state index contributed by atoms with van der Waals surface area (Å²) in [5.74, 6) is 0.267. The minimum atomic E-state index is -0.391. The van der Waals surface area contributed by atoms with Crippen LogP contribution in [-0.2, 0) is 14.3 Å². The summed E-state index contributed by atoms with van der Waals surface area (Å²) in [5.41, 5.74) is 0. The predicted octanol–water partition coefficient (Wildman–Crippen LogP) is 0.807. The standard InChI is InChI=1S/C9H17NO3S/c1-7(2)13-9(12)6-10-8(11)4-5-14-3/h7H,4-6H2,1-3H3,(H,10,11). The minimum absolute atomic E-state index is 0.0363. The molecule has 0 spiro atoms. The van der Waals surface area contributed by atoms with E-state index in [0.29, 0.717) is 6.42 Å². The van der Waals surface area contributed by atoms with Crippen molar-refractivity contribution in [2.45, 2.75) is 26.4 Å². The van der Waals surface area contributed by atoms with Gasteiger partial charge < -0.3 is 10.1 Å². The average Bonchev–Trinajstić information content (AvgIpc) is 2.10. The van der Waals surface area contributed by atoms with E-state index in [4.69, 9.17) is 4.74 Å². The van der Waals surface area contributed by atoms with Gasteiger partial charge in [0, 0.05) is 12.2 Å². The lowest BCUT2D eigenvalue weighted by Gasteiger charge is -2.08. The highest BCUT2D eigenvalue weighted by Crippen LogP contribution is 1.94. The predicted molar refractivity (Wildman–Crippen MR) is 57.2 cm³/mol. The lowest BCUT2D eigenvalue weighted by Crippen LogP contribution is -2.31. The van der Waals surface area contributed by atoms with Gasteiger partial charge in [-0.1, -0.05) is 0 Å². The monoisotopic (exact) mass is 219 g/mol. The fourth-order valence-electron chi connectivity index (χ4n) is 0.758. The number of nitrogens with one attached hydrogen (secondary N) is 1. The van der Waals surface area contributed by atoms with Crippen LogP contribution in [0.3, 0.4) is 0 Å². The first kappa shape index (κ1) is 13.3. The van der Waals surface area contributed by atoms with Crippen molar-refractivity contribution in [3.8, 4) is 0 Å². The normalized spacial score (nSPS) is 10.0. The van der Waals surface area contributed by atoms with E-state index in [2.05, 4.69) is 5.32 Å². The number of thioether (sulfide) groups is 1. The Morgan fingerprint density at radius 2 is 2.07 bits per heavy atom. The van der Waals surface area contributed by atoms with Gasteiger partial charge in [-0.15, -0.1) is 0 Å². The van der Waals surface area contributed by atoms with Crippen molar-refractivity contribution in [1.82, 2.24) is 5.32 Å². The molecule has 0 saturated heterocycles. The van der Waals surface area contributed by atoms with Crippen molar-refractivity contribution in [2.24, 2.45) is 0 Å². The highest BCUT2D eigenvalue weighted by atomic mass is 32.2. The number of hydrogen-bond donors (Lipinski definition) is 1. The summed E-state index contributed by atoms with van der Waals surface area (Å²) in [7, 11) is 0. The molecule has 5 heteroatoms. The second-order valence-electron chi connectivity index (χ2n) is 3.06. The van der Waals surface area contributed by atoms with E-state index in [9.17, 15) is 9.59 Å². The third-order valence-electron chi connectivity index (χ3n) is 1.33. The molecule has 0 aromatic rings. The fraction of sp³-hybridized carbons (Fsp3) is 0.778. The van der Waals surface area contributed by atoms with E-state index in [1.165, 1.54) is 0 Å². The first-order valence-electron chi connectivity index (χ1n) is 4.51. The molecule has 0 bridgehead atoms. The third kappa shape index (κ3) is 7.91. The largest absolute Gasteiger partial charge is 0.462 e. The zero-order chi connectivity index (χ0) is 11.0. The van der Waals surface area contributed by atoms with Gasteiger partial charge in [-0.05, 0) is 20.1 Å². The van der Waals surface area contributed by atoms with Crippen molar-refractivity contribution in [2.75, 3.05) is 18.6 Å². The number of hydrogen-bond acceptors (Lipinski definition) is 4. The zero-order valence-corrected chi connectivity index (χ0v) is 9.65. The van der Waals surface area contributed by atoms with Crippen LogP contribution < -0.4 is 5.32 Å².